The number of methoxy groups -OCH3 is 3. The van der Waals surface area contributed by atoms with E-state index >= 15 is 0 Å². The molecule has 4 atom stereocenters. The van der Waals surface area contributed by atoms with Gasteiger partial charge in [0.05, 0.1) is 26.9 Å². The van der Waals surface area contributed by atoms with Gasteiger partial charge < -0.3 is 34.2 Å². The van der Waals surface area contributed by atoms with Crippen molar-refractivity contribution < 1.29 is 28.8 Å². The van der Waals surface area contributed by atoms with E-state index in [1.54, 1.807) is 20.3 Å². The van der Waals surface area contributed by atoms with Crippen molar-refractivity contribution in [3.05, 3.63) is 100 Å². The molecule has 0 bridgehead atoms. The Morgan fingerprint density at radius 2 is 1.20 bits per heavy atom. The summed E-state index contributed by atoms with van der Waals surface area (Å²) in [5.74, 6) is 2.27. The summed E-state index contributed by atoms with van der Waals surface area (Å²) < 4.78 is 30.0. The Morgan fingerprint density at radius 1 is 0.722 bits per heavy atom. The molecule has 54 heavy (non-hydrogen) atoms. The van der Waals surface area contributed by atoms with Gasteiger partial charge in [0, 0.05) is 30.5 Å². The van der Waals surface area contributed by atoms with E-state index in [1.807, 2.05) is 75.3 Å². The number of aliphatic hydroxyl groups is 2. The highest BCUT2D eigenvalue weighted by atomic mass is 19.1. The number of rotatable bonds is 16. The van der Waals surface area contributed by atoms with Crippen LogP contribution in [0, 0.1) is 23.6 Å². The lowest BCUT2D eigenvalue weighted by atomic mass is 9.72. The van der Waals surface area contributed by atoms with E-state index in [0.29, 0.717) is 29.3 Å². The second-order valence-corrected chi connectivity index (χ2v) is 15.8. The molecule has 4 unspecified atom stereocenters. The molecule has 7 nitrogen and oxygen atoms in total. The van der Waals surface area contributed by atoms with Crippen LogP contribution in [0.5, 0.6) is 17.2 Å². The quantitative estimate of drug-likeness (QED) is 0.151. The highest BCUT2D eigenvalue weighted by Crippen LogP contribution is 2.43. The molecular formula is C46H67FN2O5. The minimum Gasteiger partial charge on any atom is -0.497 e. The first kappa shape index (κ1) is 44.7. The van der Waals surface area contributed by atoms with E-state index in [4.69, 9.17) is 14.2 Å². The maximum absolute atomic E-state index is 14.1. The third-order valence-corrected chi connectivity index (χ3v) is 11.0. The van der Waals surface area contributed by atoms with Gasteiger partial charge in [0.1, 0.15) is 28.7 Å². The van der Waals surface area contributed by atoms with Crippen molar-refractivity contribution in [3.63, 3.8) is 0 Å². The zero-order valence-electron chi connectivity index (χ0n) is 34.8. The van der Waals surface area contributed by atoms with Crippen LogP contribution in [0.4, 0.5) is 4.39 Å². The zero-order chi connectivity index (χ0) is 40.1. The van der Waals surface area contributed by atoms with Gasteiger partial charge in [0.15, 0.2) is 0 Å². The molecule has 1 aliphatic carbocycles. The lowest BCUT2D eigenvalue weighted by Gasteiger charge is -2.40. The smallest absolute Gasteiger partial charge is 0.125 e. The van der Waals surface area contributed by atoms with E-state index in [2.05, 4.69) is 51.1 Å². The summed E-state index contributed by atoms with van der Waals surface area (Å²) in [5.41, 5.74) is 2.07. The van der Waals surface area contributed by atoms with Crippen molar-refractivity contribution in [2.24, 2.45) is 17.8 Å². The molecule has 1 fully saturated rings. The van der Waals surface area contributed by atoms with Crippen LogP contribution in [-0.4, -0.2) is 88.2 Å². The average molecular weight is 747 g/mol. The van der Waals surface area contributed by atoms with Gasteiger partial charge in [-0.1, -0.05) is 82.4 Å². The molecule has 2 N–H and O–H groups in total. The minimum atomic E-state index is -1.41. The molecule has 0 aromatic heterocycles. The van der Waals surface area contributed by atoms with E-state index in [9.17, 15) is 14.6 Å². The number of benzene rings is 3. The van der Waals surface area contributed by atoms with Gasteiger partial charge in [-0.05, 0) is 119 Å². The van der Waals surface area contributed by atoms with Gasteiger partial charge in [-0.2, -0.15) is 0 Å². The number of halogens is 1. The van der Waals surface area contributed by atoms with E-state index in [1.165, 1.54) is 51.3 Å². The first-order valence-corrected chi connectivity index (χ1v) is 19.3. The van der Waals surface area contributed by atoms with Gasteiger partial charge in [-0.15, -0.1) is 0 Å². The molecule has 1 aliphatic rings. The van der Waals surface area contributed by atoms with Gasteiger partial charge >= 0.3 is 0 Å². The van der Waals surface area contributed by atoms with Crippen molar-refractivity contribution in [2.45, 2.75) is 77.4 Å². The standard InChI is InChI=1S/C23H30FNO3.C23H37NO2/c1-16(13-18-7-10-20(27-5)11-8-18)23(26,17(2)15-25(3)4)21-14-19(24)9-12-22(21)28-6;1-18(15-20-11-13-22(26-5)14-12-20)23(25,19(2)17-24(3)4)16-21-9-7-6-8-10-21/h7-14,17,26H,15H2,1-6H3;11-15,19,21,25H,6-10,16-17H2,1-5H3. The van der Waals surface area contributed by atoms with Crippen molar-refractivity contribution in [2.75, 3.05) is 62.6 Å². The van der Waals surface area contributed by atoms with E-state index in [0.717, 1.165) is 41.2 Å². The van der Waals surface area contributed by atoms with Crippen LogP contribution in [0.1, 0.15) is 82.9 Å². The molecular weight excluding hydrogens is 680 g/mol. The topological polar surface area (TPSA) is 74.6 Å². The molecule has 0 heterocycles. The highest BCUT2D eigenvalue weighted by molar-refractivity contribution is 5.59. The zero-order valence-corrected chi connectivity index (χ0v) is 34.8. The summed E-state index contributed by atoms with van der Waals surface area (Å²) in [6.07, 6.45) is 11.4. The SMILES string of the molecule is COc1ccc(C=C(C)C(O)(CC2CCCCC2)C(C)CN(C)C)cc1.COc1ccc(C=C(C)C(O)(c2cc(F)ccc2OC)C(C)CN(C)C)cc1. The van der Waals surface area contributed by atoms with Gasteiger partial charge in [0.25, 0.3) is 0 Å². The fourth-order valence-electron chi connectivity index (χ4n) is 7.94. The van der Waals surface area contributed by atoms with Crippen LogP contribution in [-0.2, 0) is 5.60 Å². The molecule has 0 aliphatic heterocycles. The second-order valence-electron chi connectivity index (χ2n) is 15.8. The second kappa shape index (κ2) is 20.8. The predicted octanol–water partition coefficient (Wildman–Crippen LogP) is 9.33. The first-order chi connectivity index (χ1) is 25.6. The van der Waals surface area contributed by atoms with Crippen molar-refractivity contribution >= 4 is 12.2 Å². The molecule has 0 saturated heterocycles. The molecule has 3 aromatic rings. The maximum atomic E-state index is 14.1. The van der Waals surface area contributed by atoms with Crippen LogP contribution in [0.2, 0.25) is 0 Å². The third-order valence-electron chi connectivity index (χ3n) is 11.0. The van der Waals surface area contributed by atoms with E-state index in [-0.39, 0.29) is 11.8 Å². The van der Waals surface area contributed by atoms with Crippen molar-refractivity contribution in [1.82, 2.24) is 9.80 Å². The number of hydrogen-bond acceptors (Lipinski definition) is 7. The Bertz CT molecular complexity index is 1630. The van der Waals surface area contributed by atoms with Crippen molar-refractivity contribution in [3.8, 4) is 17.2 Å². The summed E-state index contributed by atoms with van der Waals surface area (Å²) in [7, 11) is 12.9. The number of hydrogen-bond donors (Lipinski definition) is 2. The normalized spacial score (nSPS) is 17.6. The van der Waals surface area contributed by atoms with Crippen molar-refractivity contribution in [1.29, 1.82) is 0 Å². The van der Waals surface area contributed by atoms with Crippen LogP contribution in [0.15, 0.2) is 77.9 Å². The Hall–Kier alpha value is -3.69. The van der Waals surface area contributed by atoms with Crippen LogP contribution in [0.3, 0.4) is 0 Å². The Kier molecular flexibility index (Phi) is 17.3. The lowest BCUT2D eigenvalue weighted by Crippen LogP contribution is -2.44. The molecule has 4 rings (SSSR count). The molecule has 0 radical (unpaired) electrons. The molecule has 0 amide bonds. The van der Waals surface area contributed by atoms with Crippen LogP contribution < -0.4 is 14.2 Å². The van der Waals surface area contributed by atoms with Gasteiger partial charge in [-0.3, -0.25) is 0 Å². The summed E-state index contributed by atoms with van der Waals surface area (Å²) in [6.45, 7) is 9.60. The summed E-state index contributed by atoms with van der Waals surface area (Å²) in [6, 6.07) is 19.9. The van der Waals surface area contributed by atoms with Gasteiger partial charge in [0.2, 0.25) is 0 Å². The largest absolute Gasteiger partial charge is 0.497 e. The number of ether oxygens (including phenoxy) is 3. The Labute approximate surface area is 325 Å². The first-order valence-electron chi connectivity index (χ1n) is 19.3. The van der Waals surface area contributed by atoms with Crippen LogP contribution in [0.25, 0.3) is 12.2 Å². The number of nitrogens with zero attached hydrogens (tertiary/aromatic N) is 2. The lowest BCUT2D eigenvalue weighted by molar-refractivity contribution is -0.0109. The molecule has 3 aromatic carbocycles. The van der Waals surface area contributed by atoms with Gasteiger partial charge in [-0.25, -0.2) is 4.39 Å². The fourth-order valence-corrected chi connectivity index (χ4v) is 7.94. The Morgan fingerprint density at radius 3 is 1.67 bits per heavy atom. The summed E-state index contributed by atoms with van der Waals surface area (Å²) >= 11 is 0. The van der Waals surface area contributed by atoms with E-state index < -0.39 is 17.0 Å². The predicted molar refractivity (Wildman–Crippen MR) is 222 cm³/mol. The highest BCUT2D eigenvalue weighted by Gasteiger charge is 2.41. The monoisotopic (exact) mass is 747 g/mol. The molecule has 8 heteroatoms. The minimum absolute atomic E-state index is 0.189. The maximum Gasteiger partial charge on any atom is 0.125 e. The fraction of sp³-hybridized carbons (Fsp3) is 0.522. The summed E-state index contributed by atoms with van der Waals surface area (Å²) in [5, 5.41) is 23.7. The van der Waals surface area contributed by atoms with Crippen LogP contribution >= 0.6 is 0 Å². The average Bonchev–Trinajstić information content (AvgIpc) is 3.15. The summed E-state index contributed by atoms with van der Waals surface area (Å²) in [4.78, 5) is 4.18. The molecule has 1 saturated carbocycles. The molecule has 298 valence electrons. The Balaban J connectivity index is 0.000000291. The molecule has 0 spiro atoms. The third kappa shape index (κ3) is 12.2.